The molecule has 3 rings (SSSR count). The van der Waals surface area contributed by atoms with E-state index in [0.29, 0.717) is 21.5 Å². The SMILES string of the molecule is Cc1onc(-c2ccccc2)c1C(=O)Nc1ccc(Br)cc1F. The van der Waals surface area contributed by atoms with Crippen molar-refractivity contribution in [2.24, 2.45) is 0 Å². The first-order valence-corrected chi connectivity index (χ1v) is 7.63. The number of hydrogen-bond acceptors (Lipinski definition) is 3. The maximum atomic E-state index is 13.9. The Morgan fingerprint density at radius 3 is 2.65 bits per heavy atom. The summed E-state index contributed by atoms with van der Waals surface area (Å²) in [4.78, 5) is 12.5. The van der Waals surface area contributed by atoms with E-state index in [4.69, 9.17) is 4.52 Å². The molecule has 0 radical (unpaired) electrons. The molecule has 3 aromatic rings. The van der Waals surface area contributed by atoms with Crippen LogP contribution in [-0.4, -0.2) is 11.1 Å². The van der Waals surface area contributed by atoms with Gasteiger partial charge in [0.1, 0.15) is 22.8 Å². The van der Waals surface area contributed by atoms with E-state index < -0.39 is 11.7 Å². The molecule has 0 saturated carbocycles. The average Bonchev–Trinajstić information content (AvgIpc) is 2.93. The molecule has 23 heavy (non-hydrogen) atoms. The van der Waals surface area contributed by atoms with Gasteiger partial charge in [0.05, 0.1) is 5.69 Å². The minimum atomic E-state index is -0.525. The van der Waals surface area contributed by atoms with E-state index in [1.165, 1.54) is 12.1 Å². The van der Waals surface area contributed by atoms with Crippen molar-refractivity contribution in [3.05, 3.63) is 70.1 Å². The Balaban J connectivity index is 1.96. The van der Waals surface area contributed by atoms with Crippen LogP contribution in [0.1, 0.15) is 16.1 Å². The molecule has 1 amide bonds. The lowest BCUT2D eigenvalue weighted by atomic mass is 10.1. The molecule has 0 bridgehead atoms. The van der Waals surface area contributed by atoms with Gasteiger partial charge >= 0.3 is 0 Å². The lowest BCUT2D eigenvalue weighted by Gasteiger charge is -2.07. The zero-order chi connectivity index (χ0) is 16.4. The quantitative estimate of drug-likeness (QED) is 0.715. The fourth-order valence-corrected chi connectivity index (χ4v) is 2.54. The standard InChI is InChI=1S/C17H12BrFN2O2/c1-10-15(16(21-23-10)11-5-3-2-4-6-11)17(22)20-14-8-7-12(18)9-13(14)19/h2-9H,1H3,(H,20,22). The second kappa shape index (κ2) is 6.34. The van der Waals surface area contributed by atoms with Crippen molar-refractivity contribution < 1.29 is 13.7 Å². The molecular weight excluding hydrogens is 363 g/mol. The van der Waals surface area contributed by atoms with E-state index in [0.717, 1.165) is 5.56 Å². The summed E-state index contributed by atoms with van der Waals surface area (Å²) < 4.78 is 19.6. The van der Waals surface area contributed by atoms with Gasteiger partial charge in [-0.2, -0.15) is 0 Å². The number of hydrogen-bond donors (Lipinski definition) is 1. The number of nitrogens with zero attached hydrogens (tertiary/aromatic N) is 1. The zero-order valence-electron chi connectivity index (χ0n) is 12.1. The Kier molecular flexibility index (Phi) is 4.25. The molecule has 0 spiro atoms. The molecular formula is C17H12BrFN2O2. The first kappa shape index (κ1) is 15.4. The highest BCUT2D eigenvalue weighted by atomic mass is 79.9. The molecule has 0 aliphatic heterocycles. The Hall–Kier alpha value is -2.47. The summed E-state index contributed by atoms with van der Waals surface area (Å²) in [5, 5.41) is 6.50. The maximum Gasteiger partial charge on any atom is 0.261 e. The fraction of sp³-hybridized carbons (Fsp3) is 0.0588. The predicted octanol–water partition coefficient (Wildman–Crippen LogP) is 4.80. The third kappa shape index (κ3) is 3.17. The number of aryl methyl sites for hydroxylation is 1. The van der Waals surface area contributed by atoms with Crippen molar-refractivity contribution in [1.29, 1.82) is 0 Å². The average molecular weight is 375 g/mol. The van der Waals surface area contributed by atoms with Crippen molar-refractivity contribution in [2.45, 2.75) is 6.92 Å². The summed E-state index contributed by atoms with van der Waals surface area (Å²) >= 11 is 3.18. The molecule has 1 N–H and O–H groups in total. The monoisotopic (exact) mass is 374 g/mol. The highest BCUT2D eigenvalue weighted by Crippen LogP contribution is 2.27. The number of nitrogens with one attached hydrogen (secondary N) is 1. The lowest BCUT2D eigenvalue weighted by molar-refractivity contribution is 0.102. The van der Waals surface area contributed by atoms with Gasteiger partial charge < -0.3 is 9.84 Å². The minimum absolute atomic E-state index is 0.0952. The summed E-state index contributed by atoms with van der Waals surface area (Å²) in [6.07, 6.45) is 0. The Morgan fingerprint density at radius 2 is 1.96 bits per heavy atom. The van der Waals surface area contributed by atoms with Crippen LogP contribution in [0.2, 0.25) is 0 Å². The van der Waals surface area contributed by atoms with Crippen molar-refractivity contribution in [1.82, 2.24) is 5.16 Å². The van der Waals surface area contributed by atoms with Crippen LogP contribution >= 0.6 is 15.9 Å². The number of anilines is 1. The van der Waals surface area contributed by atoms with Gasteiger partial charge in [0.25, 0.3) is 5.91 Å². The summed E-state index contributed by atoms with van der Waals surface area (Å²) in [6, 6.07) is 13.6. The molecule has 116 valence electrons. The van der Waals surface area contributed by atoms with Crippen LogP contribution < -0.4 is 5.32 Å². The highest BCUT2D eigenvalue weighted by molar-refractivity contribution is 9.10. The van der Waals surface area contributed by atoms with Gasteiger partial charge in [-0.1, -0.05) is 51.4 Å². The number of halogens is 2. The summed E-state index contributed by atoms with van der Waals surface area (Å²) in [6.45, 7) is 1.65. The van der Waals surface area contributed by atoms with Gasteiger partial charge in [-0.05, 0) is 25.1 Å². The van der Waals surface area contributed by atoms with E-state index in [1.807, 2.05) is 30.3 Å². The number of aromatic nitrogens is 1. The first-order chi connectivity index (χ1) is 11.1. The van der Waals surface area contributed by atoms with Gasteiger partial charge in [0.15, 0.2) is 0 Å². The summed E-state index contributed by atoms with van der Waals surface area (Å²) in [7, 11) is 0. The van der Waals surface area contributed by atoms with Crippen LogP contribution in [0.4, 0.5) is 10.1 Å². The van der Waals surface area contributed by atoms with Gasteiger partial charge in [0.2, 0.25) is 0 Å². The Bertz CT molecular complexity index is 862. The van der Waals surface area contributed by atoms with Crippen LogP contribution in [0.15, 0.2) is 57.5 Å². The normalized spacial score (nSPS) is 10.6. The smallest absolute Gasteiger partial charge is 0.261 e. The van der Waals surface area contributed by atoms with E-state index in [-0.39, 0.29) is 5.69 Å². The third-order valence-electron chi connectivity index (χ3n) is 3.32. The van der Waals surface area contributed by atoms with Crippen LogP contribution in [0.3, 0.4) is 0 Å². The molecule has 0 aliphatic rings. The van der Waals surface area contributed by atoms with Crippen molar-refractivity contribution >= 4 is 27.5 Å². The zero-order valence-corrected chi connectivity index (χ0v) is 13.7. The third-order valence-corrected chi connectivity index (χ3v) is 3.81. The largest absolute Gasteiger partial charge is 0.360 e. The maximum absolute atomic E-state index is 13.9. The predicted molar refractivity (Wildman–Crippen MR) is 88.7 cm³/mol. The number of carbonyl (C=O) groups excluding carboxylic acids is 1. The van der Waals surface area contributed by atoms with Gasteiger partial charge in [0, 0.05) is 10.0 Å². The Morgan fingerprint density at radius 1 is 1.22 bits per heavy atom. The number of benzene rings is 2. The molecule has 0 unspecified atom stereocenters. The van der Waals surface area contributed by atoms with E-state index in [2.05, 4.69) is 26.4 Å². The number of carbonyl (C=O) groups is 1. The van der Waals surface area contributed by atoms with Crippen LogP contribution in [0.25, 0.3) is 11.3 Å². The fourth-order valence-electron chi connectivity index (χ4n) is 2.21. The van der Waals surface area contributed by atoms with Crippen LogP contribution in [0.5, 0.6) is 0 Å². The molecule has 0 fully saturated rings. The topological polar surface area (TPSA) is 55.1 Å². The molecule has 0 aliphatic carbocycles. The van der Waals surface area contributed by atoms with E-state index in [9.17, 15) is 9.18 Å². The van der Waals surface area contributed by atoms with Gasteiger partial charge in [-0.25, -0.2) is 4.39 Å². The molecule has 1 heterocycles. The van der Waals surface area contributed by atoms with Gasteiger partial charge in [-0.3, -0.25) is 4.79 Å². The summed E-state index contributed by atoms with van der Waals surface area (Å²) in [5.41, 5.74) is 1.57. The van der Waals surface area contributed by atoms with Crippen molar-refractivity contribution in [3.8, 4) is 11.3 Å². The highest BCUT2D eigenvalue weighted by Gasteiger charge is 2.22. The van der Waals surface area contributed by atoms with E-state index >= 15 is 0 Å². The van der Waals surface area contributed by atoms with Crippen molar-refractivity contribution in [2.75, 3.05) is 5.32 Å². The first-order valence-electron chi connectivity index (χ1n) is 6.84. The van der Waals surface area contributed by atoms with Gasteiger partial charge in [-0.15, -0.1) is 0 Å². The molecule has 4 nitrogen and oxygen atoms in total. The van der Waals surface area contributed by atoms with Crippen molar-refractivity contribution in [3.63, 3.8) is 0 Å². The lowest BCUT2D eigenvalue weighted by Crippen LogP contribution is -2.14. The summed E-state index contributed by atoms with van der Waals surface area (Å²) in [5.74, 6) is -0.620. The molecule has 1 aromatic heterocycles. The second-order valence-corrected chi connectivity index (χ2v) is 5.82. The number of rotatable bonds is 3. The molecule has 0 saturated heterocycles. The van der Waals surface area contributed by atoms with E-state index in [1.54, 1.807) is 13.0 Å². The van der Waals surface area contributed by atoms with Crippen LogP contribution in [-0.2, 0) is 0 Å². The second-order valence-electron chi connectivity index (χ2n) is 4.91. The van der Waals surface area contributed by atoms with Crippen LogP contribution in [0, 0.1) is 12.7 Å². The Labute approximate surface area is 140 Å². The molecule has 0 atom stereocenters. The molecule has 6 heteroatoms. The minimum Gasteiger partial charge on any atom is -0.360 e. The molecule has 2 aromatic carbocycles. The number of amides is 1.